The molecule has 1 aliphatic heterocycles. The van der Waals surface area contributed by atoms with Crippen molar-refractivity contribution >= 4 is 21.7 Å². The van der Waals surface area contributed by atoms with Crippen LogP contribution in [0.2, 0.25) is 0 Å². The molecule has 1 aliphatic rings. The lowest BCUT2D eigenvalue weighted by atomic mass is 10.2. The first-order valence-electron chi connectivity index (χ1n) is 7.29. The zero-order valence-electron chi connectivity index (χ0n) is 12.9. The lowest BCUT2D eigenvalue weighted by molar-refractivity contribution is -0.116. The van der Waals surface area contributed by atoms with Crippen LogP contribution in [0, 0.1) is 6.92 Å². The van der Waals surface area contributed by atoms with Crippen LogP contribution in [0.15, 0.2) is 47.4 Å². The minimum Gasteiger partial charge on any atom is -0.379 e. The molecule has 5 nitrogen and oxygen atoms in total. The van der Waals surface area contributed by atoms with E-state index in [0.29, 0.717) is 18.0 Å². The lowest BCUT2D eigenvalue weighted by Gasteiger charge is -2.16. The minimum atomic E-state index is -3.94. The maximum Gasteiger partial charge on any atom is 0.339 e. The molecule has 0 saturated heterocycles. The van der Waals surface area contributed by atoms with Crippen molar-refractivity contribution in [2.24, 2.45) is 0 Å². The molecule has 0 N–H and O–H groups in total. The Balaban J connectivity index is 1.97. The van der Waals surface area contributed by atoms with Gasteiger partial charge in [-0.15, -0.1) is 0 Å². The summed E-state index contributed by atoms with van der Waals surface area (Å²) < 4.78 is 30.3. The van der Waals surface area contributed by atoms with Crippen molar-refractivity contribution < 1.29 is 17.4 Å². The standard InChI is InChI=1S/C17H17NO4S/c1-12-5-3-4-6-17(12)22-23(20,21)15-8-7-14-9-10-18(13(2)19)16(14)11-15/h3-8,11H,9-10H2,1-2H3. The molecule has 23 heavy (non-hydrogen) atoms. The number of hydrogen-bond acceptors (Lipinski definition) is 4. The highest BCUT2D eigenvalue weighted by Crippen LogP contribution is 2.31. The van der Waals surface area contributed by atoms with Gasteiger partial charge in [-0.2, -0.15) is 8.42 Å². The summed E-state index contributed by atoms with van der Waals surface area (Å²) in [5, 5.41) is 0. The third-order valence-electron chi connectivity index (χ3n) is 3.91. The van der Waals surface area contributed by atoms with Crippen molar-refractivity contribution in [3.63, 3.8) is 0 Å². The Morgan fingerprint density at radius 2 is 1.91 bits per heavy atom. The van der Waals surface area contributed by atoms with E-state index in [2.05, 4.69) is 0 Å². The first kappa shape index (κ1) is 15.6. The number of amides is 1. The SMILES string of the molecule is CC(=O)N1CCc2ccc(S(=O)(=O)Oc3ccccc3C)cc21. The van der Waals surface area contributed by atoms with Crippen LogP contribution in [0.3, 0.4) is 0 Å². The van der Waals surface area contributed by atoms with Gasteiger partial charge in [0.25, 0.3) is 0 Å². The molecule has 6 heteroatoms. The number of benzene rings is 2. The molecule has 0 atom stereocenters. The summed E-state index contributed by atoms with van der Waals surface area (Å²) in [5.74, 6) is 0.203. The van der Waals surface area contributed by atoms with E-state index in [-0.39, 0.29) is 10.8 Å². The van der Waals surface area contributed by atoms with Crippen molar-refractivity contribution in [2.75, 3.05) is 11.4 Å². The molecule has 2 aromatic carbocycles. The molecule has 0 bridgehead atoms. The second kappa shape index (κ2) is 5.70. The molecule has 0 aliphatic carbocycles. The van der Waals surface area contributed by atoms with Gasteiger partial charge < -0.3 is 9.08 Å². The second-order valence-corrected chi connectivity index (χ2v) is 7.06. The zero-order valence-corrected chi connectivity index (χ0v) is 13.8. The predicted molar refractivity (Wildman–Crippen MR) is 87.2 cm³/mol. The molecule has 120 valence electrons. The molecule has 1 heterocycles. The highest BCUT2D eigenvalue weighted by molar-refractivity contribution is 7.87. The molecule has 2 aromatic rings. The van der Waals surface area contributed by atoms with Crippen LogP contribution in [0.1, 0.15) is 18.1 Å². The maximum atomic E-state index is 12.5. The second-order valence-electron chi connectivity index (χ2n) is 5.51. The summed E-state index contributed by atoms with van der Waals surface area (Å²) in [6.45, 7) is 3.83. The van der Waals surface area contributed by atoms with Crippen molar-refractivity contribution in [3.05, 3.63) is 53.6 Å². The topological polar surface area (TPSA) is 63.7 Å². The van der Waals surface area contributed by atoms with Gasteiger partial charge in [-0.05, 0) is 42.7 Å². The predicted octanol–water partition coefficient (Wildman–Crippen LogP) is 2.67. The summed E-state index contributed by atoms with van der Waals surface area (Å²) in [7, 11) is -3.94. The van der Waals surface area contributed by atoms with E-state index in [1.54, 1.807) is 36.1 Å². The third kappa shape index (κ3) is 2.94. The van der Waals surface area contributed by atoms with E-state index in [9.17, 15) is 13.2 Å². The molecule has 0 radical (unpaired) electrons. The number of anilines is 1. The van der Waals surface area contributed by atoms with E-state index in [1.165, 1.54) is 19.1 Å². The van der Waals surface area contributed by atoms with E-state index in [4.69, 9.17) is 4.18 Å². The van der Waals surface area contributed by atoms with Gasteiger partial charge >= 0.3 is 10.1 Å². The average Bonchev–Trinajstić information content (AvgIpc) is 2.92. The van der Waals surface area contributed by atoms with Gasteiger partial charge in [0.15, 0.2) is 0 Å². The van der Waals surface area contributed by atoms with Crippen LogP contribution in [-0.4, -0.2) is 20.9 Å². The average molecular weight is 331 g/mol. The number of carbonyl (C=O) groups excluding carboxylic acids is 1. The van der Waals surface area contributed by atoms with Crippen molar-refractivity contribution in [3.8, 4) is 5.75 Å². The van der Waals surface area contributed by atoms with Crippen molar-refractivity contribution in [2.45, 2.75) is 25.2 Å². The van der Waals surface area contributed by atoms with E-state index in [0.717, 1.165) is 17.5 Å². The smallest absolute Gasteiger partial charge is 0.339 e. The third-order valence-corrected chi connectivity index (χ3v) is 5.14. The normalized spacial score (nSPS) is 13.7. The van der Waals surface area contributed by atoms with E-state index >= 15 is 0 Å². The van der Waals surface area contributed by atoms with Crippen LogP contribution in [0.25, 0.3) is 0 Å². The van der Waals surface area contributed by atoms with Gasteiger partial charge in [0, 0.05) is 19.2 Å². The van der Waals surface area contributed by atoms with Crippen LogP contribution in [0.4, 0.5) is 5.69 Å². The van der Waals surface area contributed by atoms with Gasteiger partial charge in [0.05, 0.1) is 0 Å². The fourth-order valence-corrected chi connectivity index (χ4v) is 3.67. The maximum absolute atomic E-state index is 12.5. The first-order chi connectivity index (χ1) is 10.9. The molecule has 0 unspecified atom stereocenters. The highest BCUT2D eigenvalue weighted by atomic mass is 32.2. The Labute approximate surface area is 135 Å². The number of aryl methyl sites for hydroxylation is 1. The Morgan fingerprint density at radius 1 is 1.17 bits per heavy atom. The molecular weight excluding hydrogens is 314 g/mol. The monoisotopic (exact) mass is 331 g/mol. The Hall–Kier alpha value is -2.34. The molecule has 0 spiro atoms. The summed E-state index contributed by atoms with van der Waals surface area (Å²) in [6.07, 6.45) is 0.730. The molecule has 0 fully saturated rings. The van der Waals surface area contributed by atoms with Gasteiger partial charge in [-0.1, -0.05) is 24.3 Å². The summed E-state index contributed by atoms with van der Waals surface area (Å²) in [6, 6.07) is 11.7. The van der Waals surface area contributed by atoms with Crippen molar-refractivity contribution in [1.29, 1.82) is 0 Å². The summed E-state index contributed by atoms with van der Waals surface area (Å²) in [5.41, 5.74) is 2.35. The number of para-hydroxylation sites is 1. The first-order valence-corrected chi connectivity index (χ1v) is 8.70. The van der Waals surface area contributed by atoms with Crippen LogP contribution in [0.5, 0.6) is 5.75 Å². The lowest BCUT2D eigenvalue weighted by Crippen LogP contribution is -2.26. The minimum absolute atomic E-state index is 0.0488. The Morgan fingerprint density at radius 3 is 2.61 bits per heavy atom. The number of nitrogens with zero attached hydrogens (tertiary/aromatic N) is 1. The fraction of sp³-hybridized carbons (Fsp3) is 0.235. The number of hydrogen-bond donors (Lipinski definition) is 0. The Kier molecular flexibility index (Phi) is 3.85. The molecule has 0 aromatic heterocycles. The summed E-state index contributed by atoms with van der Waals surface area (Å²) >= 11 is 0. The number of rotatable bonds is 3. The molecule has 3 rings (SSSR count). The largest absolute Gasteiger partial charge is 0.379 e. The van der Waals surface area contributed by atoms with Crippen LogP contribution < -0.4 is 9.08 Å². The number of carbonyl (C=O) groups is 1. The Bertz CT molecular complexity index is 874. The highest BCUT2D eigenvalue weighted by Gasteiger charge is 2.26. The van der Waals surface area contributed by atoms with Gasteiger partial charge in [0.2, 0.25) is 5.91 Å². The van der Waals surface area contributed by atoms with Gasteiger partial charge in [-0.3, -0.25) is 4.79 Å². The number of fused-ring (bicyclic) bond motifs is 1. The van der Waals surface area contributed by atoms with E-state index < -0.39 is 10.1 Å². The molecular formula is C17H17NO4S. The quantitative estimate of drug-likeness (QED) is 0.811. The van der Waals surface area contributed by atoms with Crippen molar-refractivity contribution in [1.82, 2.24) is 0 Å². The molecule has 0 saturated carbocycles. The zero-order chi connectivity index (χ0) is 16.6. The fourth-order valence-electron chi connectivity index (χ4n) is 2.66. The van der Waals surface area contributed by atoms with Gasteiger partial charge in [0.1, 0.15) is 10.6 Å². The van der Waals surface area contributed by atoms with Crippen LogP contribution in [-0.2, 0) is 21.3 Å². The molecule has 1 amide bonds. The summed E-state index contributed by atoms with van der Waals surface area (Å²) in [4.78, 5) is 13.3. The van der Waals surface area contributed by atoms with Crippen LogP contribution >= 0.6 is 0 Å². The van der Waals surface area contributed by atoms with E-state index in [1.807, 2.05) is 6.07 Å². The van der Waals surface area contributed by atoms with Gasteiger partial charge in [-0.25, -0.2) is 0 Å².